The van der Waals surface area contributed by atoms with Crippen LogP contribution in [-0.2, 0) is 4.74 Å². The highest BCUT2D eigenvalue weighted by atomic mass is 16.5. The molecule has 3 saturated heterocycles. The molecule has 0 unspecified atom stereocenters. The second-order valence-corrected chi connectivity index (χ2v) is 7.48. The van der Waals surface area contributed by atoms with E-state index >= 15 is 0 Å². The van der Waals surface area contributed by atoms with E-state index in [-0.39, 0.29) is 5.60 Å². The van der Waals surface area contributed by atoms with E-state index in [9.17, 15) is 0 Å². The summed E-state index contributed by atoms with van der Waals surface area (Å²) < 4.78 is 6.06. The van der Waals surface area contributed by atoms with Gasteiger partial charge in [0.25, 0.3) is 0 Å². The lowest BCUT2D eigenvalue weighted by atomic mass is 9.87. The van der Waals surface area contributed by atoms with Crippen molar-refractivity contribution in [3.63, 3.8) is 0 Å². The van der Waals surface area contributed by atoms with Crippen LogP contribution in [0.4, 0.5) is 11.4 Å². The monoisotopic (exact) mass is 315 g/mol. The smallest absolute Gasteiger partial charge is 0.0707 e. The number of hydrogen-bond acceptors (Lipinski definition) is 4. The van der Waals surface area contributed by atoms with Gasteiger partial charge >= 0.3 is 0 Å². The summed E-state index contributed by atoms with van der Waals surface area (Å²) in [5, 5.41) is 0. The van der Waals surface area contributed by atoms with Crippen molar-refractivity contribution < 1.29 is 4.74 Å². The maximum Gasteiger partial charge on any atom is 0.0707 e. The Morgan fingerprint density at radius 3 is 2.26 bits per heavy atom. The Morgan fingerprint density at radius 2 is 1.65 bits per heavy atom. The number of piperidine rings is 2. The summed E-state index contributed by atoms with van der Waals surface area (Å²) in [7, 11) is 0. The molecule has 0 radical (unpaired) electrons. The third-order valence-electron chi connectivity index (χ3n) is 6.13. The van der Waals surface area contributed by atoms with Gasteiger partial charge in [-0.2, -0.15) is 0 Å². The second kappa shape index (κ2) is 6.33. The molecule has 4 nitrogen and oxygen atoms in total. The number of benzene rings is 1. The van der Waals surface area contributed by atoms with Gasteiger partial charge in [-0.3, -0.25) is 0 Å². The van der Waals surface area contributed by atoms with Crippen LogP contribution in [0.15, 0.2) is 24.3 Å². The molecule has 1 spiro atoms. The molecule has 1 aromatic rings. The molecule has 3 aliphatic rings. The third-order valence-corrected chi connectivity index (χ3v) is 6.13. The quantitative estimate of drug-likeness (QED) is 0.852. The van der Waals surface area contributed by atoms with E-state index in [4.69, 9.17) is 10.5 Å². The summed E-state index contributed by atoms with van der Waals surface area (Å²) in [5.74, 6) is 0. The average molecular weight is 315 g/mol. The number of nitrogens with two attached hydrogens (primary N) is 1. The maximum absolute atomic E-state index is 6.06. The molecule has 0 amide bonds. The molecule has 4 heteroatoms. The topological polar surface area (TPSA) is 41.7 Å². The number of hydrogen-bond donors (Lipinski definition) is 1. The van der Waals surface area contributed by atoms with Crippen LogP contribution in [-0.4, -0.2) is 49.3 Å². The fourth-order valence-corrected chi connectivity index (χ4v) is 4.62. The summed E-state index contributed by atoms with van der Waals surface area (Å²) in [6, 6.07) is 9.08. The van der Waals surface area contributed by atoms with Crippen LogP contribution in [0.25, 0.3) is 0 Å². The Morgan fingerprint density at radius 1 is 0.957 bits per heavy atom. The zero-order chi connectivity index (χ0) is 15.7. The molecule has 2 N–H and O–H groups in total. The van der Waals surface area contributed by atoms with E-state index in [1.54, 1.807) is 0 Å². The van der Waals surface area contributed by atoms with E-state index in [2.05, 4.69) is 21.9 Å². The van der Waals surface area contributed by atoms with Crippen molar-refractivity contribution in [3.05, 3.63) is 24.3 Å². The van der Waals surface area contributed by atoms with Gasteiger partial charge < -0.3 is 20.3 Å². The number of nitrogen functional groups attached to an aromatic ring is 1. The molecule has 3 heterocycles. The van der Waals surface area contributed by atoms with Crippen LogP contribution < -0.4 is 10.6 Å². The van der Waals surface area contributed by atoms with Gasteiger partial charge in [0, 0.05) is 50.2 Å². The van der Waals surface area contributed by atoms with Crippen molar-refractivity contribution in [2.24, 2.45) is 0 Å². The summed E-state index contributed by atoms with van der Waals surface area (Å²) in [4.78, 5) is 5.23. The van der Waals surface area contributed by atoms with Crippen molar-refractivity contribution in [2.45, 2.75) is 50.2 Å². The molecule has 0 atom stereocenters. The van der Waals surface area contributed by atoms with Gasteiger partial charge in [0.2, 0.25) is 0 Å². The highest BCUT2D eigenvalue weighted by Crippen LogP contribution is 2.37. The average Bonchev–Trinajstić information content (AvgIpc) is 3.05. The minimum atomic E-state index is 0.251. The summed E-state index contributed by atoms with van der Waals surface area (Å²) >= 11 is 0. The molecule has 4 rings (SSSR count). The summed E-state index contributed by atoms with van der Waals surface area (Å²) in [6.07, 6.45) is 7.59. The van der Waals surface area contributed by atoms with Gasteiger partial charge in [0.05, 0.1) is 5.60 Å². The van der Waals surface area contributed by atoms with Crippen LogP contribution in [0, 0.1) is 0 Å². The van der Waals surface area contributed by atoms with Crippen molar-refractivity contribution in [1.29, 1.82) is 0 Å². The fraction of sp³-hybridized carbons (Fsp3) is 0.684. The number of anilines is 2. The minimum absolute atomic E-state index is 0.251. The first-order valence-corrected chi connectivity index (χ1v) is 9.23. The van der Waals surface area contributed by atoms with Crippen molar-refractivity contribution in [3.8, 4) is 0 Å². The van der Waals surface area contributed by atoms with E-state index in [0.717, 1.165) is 31.4 Å². The highest BCUT2D eigenvalue weighted by molar-refractivity contribution is 5.53. The molecule has 1 aromatic carbocycles. The van der Waals surface area contributed by atoms with E-state index < -0.39 is 0 Å². The minimum Gasteiger partial charge on any atom is -0.399 e. The maximum atomic E-state index is 6.06. The van der Waals surface area contributed by atoms with Gasteiger partial charge in [-0.25, -0.2) is 0 Å². The normalized spacial score (nSPS) is 26.0. The largest absolute Gasteiger partial charge is 0.399 e. The number of nitrogens with zero attached hydrogens (tertiary/aromatic N) is 2. The van der Waals surface area contributed by atoms with Crippen LogP contribution in [0.5, 0.6) is 0 Å². The summed E-state index contributed by atoms with van der Waals surface area (Å²) in [5.41, 5.74) is 8.20. The molecule has 0 bridgehead atoms. The lowest BCUT2D eigenvalue weighted by Crippen LogP contribution is -2.51. The molecule has 3 aliphatic heterocycles. The Labute approximate surface area is 139 Å². The first kappa shape index (κ1) is 15.3. The van der Waals surface area contributed by atoms with Gasteiger partial charge in [0.15, 0.2) is 0 Å². The molecular formula is C19H29N3O. The number of ether oxygens (including phenoxy) is 1. The molecule has 0 saturated carbocycles. The zero-order valence-electron chi connectivity index (χ0n) is 14.0. The van der Waals surface area contributed by atoms with E-state index in [1.807, 2.05) is 12.1 Å². The Balaban J connectivity index is 1.29. The van der Waals surface area contributed by atoms with Gasteiger partial charge in [-0.05, 0) is 62.8 Å². The Bertz CT molecular complexity index is 506. The van der Waals surface area contributed by atoms with Crippen LogP contribution in [0.3, 0.4) is 0 Å². The predicted molar refractivity (Wildman–Crippen MR) is 94.8 cm³/mol. The predicted octanol–water partition coefficient (Wildman–Crippen LogP) is 2.88. The molecular weight excluding hydrogens is 286 g/mol. The van der Waals surface area contributed by atoms with Crippen LogP contribution in [0.1, 0.15) is 38.5 Å². The molecule has 3 fully saturated rings. The van der Waals surface area contributed by atoms with Gasteiger partial charge in [-0.15, -0.1) is 0 Å². The van der Waals surface area contributed by atoms with Gasteiger partial charge in [0.1, 0.15) is 0 Å². The first-order valence-electron chi connectivity index (χ1n) is 9.23. The van der Waals surface area contributed by atoms with Crippen LogP contribution >= 0.6 is 0 Å². The highest BCUT2D eigenvalue weighted by Gasteiger charge is 2.40. The molecule has 0 aromatic heterocycles. The molecule has 126 valence electrons. The standard InChI is InChI=1S/C19H29N3O/c20-16-2-4-17(5-3-16)21-11-6-18(7-12-21)22-13-9-19(10-14-22)8-1-15-23-19/h2-5,18H,1,6-15,20H2. The zero-order valence-corrected chi connectivity index (χ0v) is 14.0. The van der Waals surface area contributed by atoms with E-state index in [0.29, 0.717) is 0 Å². The Kier molecular flexibility index (Phi) is 4.20. The second-order valence-electron chi connectivity index (χ2n) is 7.48. The third kappa shape index (κ3) is 3.20. The number of likely N-dealkylation sites (tertiary alicyclic amines) is 1. The van der Waals surface area contributed by atoms with Crippen molar-refractivity contribution in [2.75, 3.05) is 43.4 Å². The Hall–Kier alpha value is -1.26. The van der Waals surface area contributed by atoms with Crippen molar-refractivity contribution in [1.82, 2.24) is 4.90 Å². The van der Waals surface area contributed by atoms with E-state index in [1.165, 1.54) is 57.3 Å². The first-order chi connectivity index (χ1) is 11.2. The number of rotatable bonds is 2. The lowest BCUT2D eigenvalue weighted by Gasteiger charge is -2.45. The fourth-order valence-electron chi connectivity index (χ4n) is 4.62. The van der Waals surface area contributed by atoms with Crippen molar-refractivity contribution >= 4 is 11.4 Å². The van der Waals surface area contributed by atoms with Crippen LogP contribution in [0.2, 0.25) is 0 Å². The lowest BCUT2D eigenvalue weighted by molar-refractivity contribution is -0.0524. The molecule has 0 aliphatic carbocycles. The molecule has 23 heavy (non-hydrogen) atoms. The SMILES string of the molecule is Nc1ccc(N2CCC(N3CCC4(CCCO4)CC3)CC2)cc1. The van der Waals surface area contributed by atoms with Gasteiger partial charge in [-0.1, -0.05) is 0 Å². The summed E-state index contributed by atoms with van der Waals surface area (Å²) in [6.45, 7) is 5.76.